The highest BCUT2D eigenvalue weighted by atomic mass is 35.5. The normalized spacial score (nSPS) is 16.9. The Hall–Kier alpha value is -1.76. The number of aromatic nitrogens is 2. The van der Waals surface area contributed by atoms with Gasteiger partial charge in [0.1, 0.15) is 5.75 Å². The summed E-state index contributed by atoms with van der Waals surface area (Å²) in [5.41, 5.74) is 8.31. The number of piperidine rings is 1. The van der Waals surface area contributed by atoms with Crippen LogP contribution in [-0.4, -0.2) is 39.2 Å². The van der Waals surface area contributed by atoms with Crippen LogP contribution in [-0.2, 0) is 0 Å². The van der Waals surface area contributed by atoms with Gasteiger partial charge in [-0.15, -0.1) is 0 Å². The molecule has 1 aliphatic heterocycles. The van der Waals surface area contributed by atoms with Crippen molar-refractivity contribution in [3.05, 3.63) is 45.2 Å². The number of carbonyl (C=O) groups is 1. The molecule has 8 heteroatoms. The number of benzene rings is 1. The Bertz CT molecular complexity index is 785. The summed E-state index contributed by atoms with van der Waals surface area (Å²) in [4.78, 5) is 14.3. The first-order valence-corrected chi connectivity index (χ1v) is 8.86. The third kappa shape index (κ3) is 3.61. The number of nitrogens with one attached hydrogen (secondary N) is 1. The highest BCUT2D eigenvalue weighted by Gasteiger charge is 2.30. The number of aryl methyl sites for hydroxylation is 1. The lowest BCUT2D eigenvalue weighted by atomic mass is 9.85. The van der Waals surface area contributed by atoms with Crippen molar-refractivity contribution in [1.82, 2.24) is 15.1 Å². The summed E-state index contributed by atoms with van der Waals surface area (Å²) in [5, 5.41) is 17.5. The number of likely N-dealkylation sites (tertiary alicyclic amines) is 1. The van der Waals surface area contributed by atoms with Crippen LogP contribution in [0.2, 0.25) is 10.0 Å². The van der Waals surface area contributed by atoms with E-state index in [4.69, 9.17) is 28.9 Å². The maximum Gasteiger partial charge on any atom is 0.257 e. The van der Waals surface area contributed by atoms with Crippen molar-refractivity contribution in [2.24, 2.45) is 11.7 Å². The molecule has 2 aromatic rings. The summed E-state index contributed by atoms with van der Waals surface area (Å²) in [5.74, 6) is 0.183. The number of rotatable bonds is 3. The van der Waals surface area contributed by atoms with Gasteiger partial charge in [0.15, 0.2) is 0 Å². The molecule has 1 aromatic heterocycles. The summed E-state index contributed by atoms with van der Waals surface area (Å²) in [6.45, 7) is 3.06. The van der Waals surface area contributed by atoms with Crippen molar-refractivity contribution in [1.29, 1.82) is 0 Å². The number of nitrogens with two attached hydrogens (primary N) is 1. The van der Waals surface area contributed by atoms with Gasteiger partial charge in [-0.1, -0.05) is 23.2 Å². The van der Waals surface area contributed by atoms with Crippen molar-refractivity contribution in [2.75, 3.05) is 13.1 Å². The molecule has 3 rings (SSSR count). The van der Waals surface area contributed by atoms with Crippen LogP contribution < -0.4 is 5.73 Å². The molecule has 1 atom stereocenters. The number of aromatic hydroxyl groups is 1. The second kappa shape index (κ2) is 7.23. The maximum absolute atomic E-state index is 12.5. The molecule has 1 amide bonds. The van der Waals surface area contributed by atoms with Crippen molar-refractivity contribution in [3.8, 4) is 5.75 Å². The van der Waals surface area contributed by atoms with E-state index >= 15 is 0 Å². The quantitative estimate of drug-likeness (QED) is 0.758. The van der Waals surface area contributed by atoms with E-state index in [9.17, 15) is 9.90 Å². The average Bonchev–Trinajstić information content (AvgIpc) is 3.03. The smallest absolute Gasteiger partial charge is 0.257 e. The van der Waals surface area contributed by atoms with E-state index in [1.54, 1.807) is 12.3 Å². The summed E-state index contributed by atoms with van der Waals surface area (Å²) in [6.07, 6.45) is 3.07. The Morgan fingerprint density at radius 1 is 1.36 bits per heavy atom. The zero-order valence-electron chi connectivity index (χ0n) is 13.8. The van der Waals surface area contributed by atoms with Gasteiger partial charge in [-0.2, -0.15) is 5.10 Å². The number of carbonyl (C=O) groups excluding carboxylic acids is 1. The first-order valence-electron chi connectivity index (χ1n) is 8.11. The van der Waals surface area contributed by atoms with Crippen LogP contribution in [0.4, 0.5) is 0 Å². The molecule has 1 saturated heterocycles. The third-order valence-corrected chi connectivity index (χ3v) is 5.55. The predicted molar refractivity (Wildman–Crippen MR) is 97.0 cm³/mol. The molecule has 25 heavy (non-hydrogen) atoms. The third-order valence-electron chi connectivity index (χ3n) is 4.82. The molecule has 1 aliphatic rings. The van der Waals surface area contributed by atoms with Gasteiger partial charge >= 0.3 is 0 Å². The Labute approximate surface area is 155 Å². The highest BCUT2D eigenvalue weighted by molar-refractivity contribution is 6.42. The molecule has 2 heterocycles. The van der Waals surface area contributed by atoms with Crippen LogP contribution in [0.5, 0.6) is 5.75 Å². The fourth-order valence-electron chi connectivity index (χ4n) is 3.27. The summed E-state index contributed by atoms with van der Waals surface area (Å²) in [7, 11) is 0. The molecule has 1 unspecified atom stereocenters. The summed E-state index contributed by atoms with van der Waals surface area (Å²) >= 11 is 12.0. The molecule has 6 nitrogen and oxygen atoms in total. The first-order chi connectivity index (χ1) is 11.9. The highest BCUT2D eigenvalue weighted by Crippen LogP contribution is 2.37. The lowest BCUT2D eigenvalue weighted by molar-refractivity contribution is 0.0677. The molecule has 0 bridgehead atoms. The Morgan fingerprint density at radius 3 is 2.60 bits per heavy atom. The molecule has 1 fully saturated rings. The number of hydrogen-bond acceptors (Lipinski definition) is 4. The van der Waals surface area contributed by atoms with E-state index in [1.807, 2.05) is 11.8 Å². The maximum atomic E-state index is 12.5. The van der Waals surface area contributed by atoms with Gasteiger partial charge in [0, 0.05) is 36.5 Å². The van der Waals surface area contributed by atoms with Crippen LogP contribution in [0.15, 0.2) is 18.3 Å². The standard InChI is InChI=1S/C17H20Cl2N4O2/c1-9-12(8-21-22-9)17(25)23-4-2-10(3-5-23)16(20)11-6-13(18)14(19)7-15(11)24/h6-8,10,16,24H,2-5,20H2,1H3,(H,21,22). The van der Waals surface area contributed by atoms with Crippen molar-refractivity contribution in [3.63, 3.8) is 0 Å². The second-order valence-corrected chi connectivity index (χ2v) is 7.20. The summed E-state index contributed by atoms with van der Waals surface area (Å²) < 4.78 is 0. The van der Waals surface area contributed by atoms with E-state index in [1.165, 1.54) is 6.07 Å². The Morgan fingerprint density at radius 2 is 2.00 bits per heavy atom. The van der Waals surface area contributed by atoms with Crippen molar-refractivity contribution in [2.45, 2.75) is 25.8 Å². The number of nitrogens with zero attached hydrogens (tertiary/aromatic N) is 2. The average molecular weight is 383 g/mol. The van der Waals surface area contributed by atoms with Gasteiger partial charge in [0.05, 0.1) is 21.8 Å². The number of halogens is 2. The van der Waals surface area contributed by atoms with Crippen LogP contribution in [0.25, 0.3) is 0 Å². The molecule has 0 spiro atoms. The van der Waals surface area contributed by atoms with Gasteiger partial charge in [-0.25, -0.2) is 0 Å². The number of hydrogen-bond donors (Lipinski definition) is 3. The number of phenolic OH excluding ortho intramolecular Hbond substituents is 1. The van der Waals surface area contributed by atoms with Crippen LogP contribution >= 0.6 is 23.2 Å². The fraction of sp³-hybridized carbons (Fsp3) is 0.412. The molecular weight excluding hydrogens is 363 g/mol. The molecule has 1 aromatic carbocycles. The van der Waals surface area contributed by atoms with Gasteiger partial charge in [-0.3, -0.25) is 9.89 Å². The molecule has 0 saturated carbocycles. The van der Waals surface area contributed by atoms with Crippen molar-refractivity contribution >= 4 is 29.1 Å². The Kier molecular flexibility index (Phi) is 5.22. The molecular formula is C17H20Cl2N4O2. The van der Waals surface area contributed by atoms with E-state index in [0.29, 0.717) is 34.3 Å². The molecule has 0 radical (unpaired) electrons. The van der Waals surface area contributed by atoms with Crippen LogP contribution in [0.1, 0.15) is 40.5 Å². The van der Waals surface area contributed by atoms with Crippen LogP contribution in [0.3, 0.4) is 0 Å². The minimum absolute atomic E-state index is 0.0179. The molecule has 4 N–H and O–H groups in total. The fourth-order valence-corrected chi connectivity index (χ4v) is 3.60. The van der Waals surface area contributed by atoms with E-state index < -0.39 is 0 Å². The minimum Gasteiger partial charge on any atom is -0.508 e. The zero-order chi connectivity index (χ0) is 18.1. The Balaban J connectivity index is 1.67. The number of amides is 1. The summed E-state index contributed by atoms with van der Waals surface area (Å²) in [6, 6.07) is 2.68. The molecule has 0 aliphatic carbocycles. The van der Waals surface area contributed by atoms with E-state index in [2.05, 4.69) is 10.2 Å². The minimum atomic E-state index is -0.359. The number of phenols is 1. The van der Waals surface area contributed by atoms with Crippen molar-refractivity contribution < 1.29 is 9.90 Å². The number of aromatic amines is 1. The predicted octanol–water partition coefficient (Wildman–Crippen LogP) is 3.28. The number of H-pyrrole nitrogens is 1. The van der Waals surface area contributed by atoms with Crippen LogP contribution in [0, 0.1) is 12.8 Å². The lowest BCUT2D eigenvalue weighted by Gasteiger charge is -2.35. The van der Waals surface area contributed by atoms with Gasteiger partial charge in [0.2, 0.25) is 0 Å². The monoisotopic (exact) mass is 382 g/mol. The zero-order valence-corrected chi connectivity index (χ0v) is 15.3. The van der Waals surface area contributed by atoms with Gasteiger partial charge in [-0.05, 0) is 31.7 Å². The topological polar surface area (TPSA) is 95.2 Å². The molecule has 134 valence electrons. The van der Waals surface area contributed by atoms with E-state index in [-0.39, 0.29) is 23.6 Å². The second-order valence-electron chi connectivity index (χ2n) is 6.39. The SMILES string of the molecule is Cc1[nH]ncc1C(=O)N1CCC(C(N)c2cc(Cl)c(Cl)cc2O)CC1. The van der Waals surface area contributed by atoms with Gasteiger partial charge < -0.3 is 15.7 Å². The van der Waals surface area contributed by atoms with E-state index in [0.717, 1.165) is 18.5 Å². The lowest BCUT2D eigenvalue weighted by Crippen LogP contribution is -2.41. The first kappa shape index (κ1) is 18.0. The van der Waals surface area contributed by atoms with Gasteiger partial charge in [0.25, 0.3) is 5.91 Å². The largest absolute Gasteiger partial charge is 0.508 e.